The predicted octanol–water partition coefficient (Wildman–Crippen LogP) is 3.08. The van der Waals surface area contributed by atoms with Gasteiger partial charge in [0.15, 0.2) is 0 Å². The zero-order valence-electron chi connectivity index (χ0n) is 7.64. The van der Waals surface area contributed by atoms with Crippen molar-refractivity contribution in [1.82, 2.24) is 0 Å². The Labute approximate surface area is 69.4 Å². The Bertz CT molecular complexity index is 196. The highest BCUT2D eigenvalue weighted by atomic mass is 14.7. The Kier molecular flexibility index (Phi) is 0.990. The third kappa shape index (κ3) is 0.494. The minimum absolute atomic E-state index is 0.821. The molecule has 0 N–H and O–H groups in total. The fourth-order valence-electron chi connectivity index (χ4n) is 4.49. The Hall–Kier alpha value is 0. The molecule has 0 aromatic carbocycles. The SMILES string of the molecule is CC1CC2C3CCCC3C12C. The third-order valence-electron chi connectivity index (χ3n) is 5.35. The van der Waals surface area contributed by atoms with Gasteiger partial charge in [0, 0.05) is 0 Å². The van der Waals surface area contributed by atoms with Crippen LogP contribution in [0.1, 0.15) is 39.5 Å². The summed E-state index contributed by atoms with van der Waals surface area (Å²) < 4.78 is 0. The second-order valence-electron chi connectivity index (χ2n) is 5.31. The van der Waals surface area contributed by atoms with E-state index < -0.39 is 0 Å². The Morgan fingerprint density at radius 1 is 1.18 bits per heavy atom. The summed E-state index contributed by atoms with van der Waals surface area (Å²) in [5.74, 6) is 4.53. The van der Waals surface area contributed by atoms with Gasteiger partial charge in [-0.15, -0.1) is 0 Å². The molecule has 0 aromatic heterocycles. The van der Waals surface area contributed by atoms with E-state index in [4.69, 9.17) is 0 Å². The first-order chi connectivity index (χ1) is 5.24. The van der Waals surface area contributed by atoms with E-state index in [2.05, 4.69) is 13.8 Å². The molecule has 62 valence electrons. The van der Waals surface area contributed by atoms with E-state index in [1.165, 1.54) is 12.3 Å². The van der Waals surface area contributed by atoms with Crippen molar-refractivity contribution in [1.29, 1.82) is 0 Å². The molecule has 0 aliphatic heterocycles. The smallest absolute Gasteiger partial charge is 0.0238 e. The summed E-state index contributed by atoms with van der Waals surface area (Å²) in [5, 5.41) is 0. The second kappa shape index (κ2) is 1.67. The van der Waals surface area contributed by atoms with Gasteiger partial charge < -0.3 is 0 Å². The molecular weight excluding hydrogens is 132 g/mol. The standard InChI is InChI=1S/C11H18/c1-7-6-10-8-4-3-5-9(8)11(7,10)2/h7-10H,3-6H2,1-2H3. The summed E-state index contributed by atoms with van der Waals surface area (Å²) in [6.07, 6.45) is 6.21. The van der Waals surface area contributed by atoms with Crippen molar-refractivity contribution in [3.05, 3.63) is 0 Å². The maximum atomic E-state index is 2.55. The van der Waals surface area contributed by atoms with E-state index in [9.17, 15) is 0 Å². The maximum Gasteiger partial charge on any atom is -0.0238 e. The van der Waals surface area contributed by atoms with Crippen LogP contribution in [-0.4, -0.2) is 0 Å². The van der Waals surface area contributed by atoms with Crippen LogP contribution in [0.5, 0.6) is 0 Å². The van der Waals surface area contributed by atoms with E-state index in [0.29, 0.717) is 0 Å². The highest BCUT2D eigenvalue weighted by Crippen LogP contribution is 2.74. The van der Waals surface area contributed by atoms with Crippen molar-refractivity contribution in [2.45, 2.75) is 39.5 Å². The molecule has 3 saturated carbocycles. The summed E-state index contributed by atoms with van der Waals surface area (Å²) >= 11 is 0. The van der Waals surface area contributed by atoms with Gasteiger partial charge in [-0.3, -0.25) is 0 Å². The van der Waals surface area contributed by atoms with Crippen molar-refractivity contribution in [3.8, 4) is 0 Å². The molecule has 5 atom stereocenters. The summed E-state index contributed by atoms with van der Waals surface area (Å²) in [6.45, 7) is 5.02. The molecule has 0 heteroatoms. The molecule has 3 rings (SSSR count). The van der Waals surface area contributed by atoms with Crippen molar-refractivity contribution in [2.24, 2.45) is 29.1 Å². The van der Waals surface area contributed by atoms with Gasteiger partial charge in [0.2, 0.25) is 0 Å². The van der Waals surface area contributed by atoms with E-state index in [1.54, 1.807) is 19.3 Å². The molecule has 0 spiro atoms. The van der Waals surface area contributed by atoms with Crippen molar-refractivity contribution >= 4 is 0 Å². The Balaban J connectivity index is 1.90. The lowest BCUT2D eigenvalue weighted by Gasteiger charge is -2.70. The monoisotopic (exact) mass is 150 g/mol. The average molecular weight is 150 g/mol. The van der Waals surface area contributed by atoms with Gasteiger partial charge in [-0.2, -0.15) is 0 Å². The van der Waals surface area contributed by atoms with E-state index in [-0.39, 0.29) is 0 Å². The Morgan fingerprint density at radius 2 is 2.00 bits per heavy atom. The third-order valence-corrected chi connectivity index (χ3v) is 5.35. The number of hydrogen-bond acceptors (Lipinski definition) is 0. The van der Waals surface area contributed by atoms with E-state index >= 15 is 0 Å². The van der Waals surface area contributed by atoms with Gasteiger partial charge in [0.05, 0.1) is 0 Å². The highest BCUT2D eigenvalue weighted by molar-refractivity contribution is 5.16. The van der Waals surface area contributed by atoms with Crippen LogP contribution < -0.4 is 0 Å². The number of rotatable bonds is 0. The normalized spacial score (nSPS) is 66.0. The topological polar surface area (TPSA) is 0 Å². The van der Waals surface area contributed by atoms with E-state index in [1.807, 2.05) is 0 Å². The lowest BCUT2D eigenvalue weighted by atomic mass is 9.35. The van der Waals surface area contributed by atoms with Gasteiger partial charge in [0.1, 0.15) is 0 Å². The van der Waals surface area contributed by atoms with Gasteiger partial charge in [-0.05, 0) is 48.3 Å². The summed E-state index contributed by atoms with van der Waals surface area (Å²) in [5.41, 5.74) is 0.821. The molecule has 5 unspecified atom stereocenters. The van der Waals surface area contributed by atoms with Crippen molar-refractivity contribution in [3.63, 3.8) is 0 Å². The molecule has 0 bridgehead atoms. The van der Waals surface area contributed by atoms with Gasteiger partial charge >= 0.3 is 0 Å². The average Bonchev–Trinajstić information content (AvgIpc) is 2.44. The van der Waals surface area contributed by atoms with Crippen LogP contribution in [0.3, 0.4) is 0 Å². The summed E-state index contributed by atoms with van der Waals surface area (Å²) in [4.78, 5) is 0. The first-order valence-corrected chi connectivity index (χ1v) is 5.24. The quantitative estimate of drug-likeness (QED) is 0.498. The van der Waals surface area contributed by atoms with Crippen molar-refractivity contribution in [2.75, 3.05) is 0 Å². The maximum absolute atomic E-state index is 2.55. The van der Waals surface area contributed by atoms with Crippen molar-refractivity contribution < 1.29 is 0 Å². The molecule has 0 radical (unpaired) electrons. The fraction of sp³-hybridized carbons (Fsp3) is 1.00. The molecule has 0 aromatic rings. The minimum Gasteiger partial charge on any atom is -0.0620 e. The molecule has 0 nitrogen and oxygen atoms in total. The molecule has 0 saturated heterocycles. The van der Waals surface area contributed by atoms with E-state index in [0.717, 1.165) is 23.2 Å². The number of hydrogen-bond donors (Lipinski definition) is 0. The zero-order valence-corrected chi connectivity index (χ0v) is 7.64. The molecule has 0 heterocycles. The summed E-state index contributed by atoms with van der Waals surface area (Å²) in [7, 11) is 0. The molecular formula is C11H18. The van der Waals surface area contributed by atoms with Crippen LogP contribution >= 0.6 is 0 Å². The lowest BCUT2D eigenvalue weighted by molar-refractivity contribution is -0.217. The number of fused-ring (bicyclic) bond motifs is 4. The minimum atomic E-state index is 0.821. The second-order valence-corrected chi connectivity index (χ2v) is 5.31. The molecule has 3 aliphatic carbocycles. The van der Waals surface area contributed by atoms with Crippen LogP contribution in [0.2, 0.25) is 0 Å². The van der Waals surface area contributed by atoms with Gasteiger partial charge in [-0.1, -0.05) is 20.3 Å². The first kappa shape index (κ1) is 6.51. The summed E-state index contributed by atoms with van der Waals surface area (Å²) in [6, 6.07) is 0. The highest BCUT2D eigenvalue weighted by Gasteiger charge is 2.67. The fourth-order valence-corrected chi connectivity index (χ4v) is 4.49. The van der Waals surface area contributed by atoms with Gasteiger partial charge in [-0.25, -0.2) is 0 Å². The lowest BCUT2D eigenvalue weighted by Crippen LogP contribution is -2.64. The molecule has 11 heavy (non-hydrogen) atoms. The van der Waals surface area contributed by atoms with Crippen LogP contribution in [0.4, 0.5) is 0 Å². The molecule has 0 amide bonds. The van der Waals surface area contributed by atoms with Crippen LogP contribution in [0.15, 0.2) is 0 Å². The zero-order chi connectivity index (χ0) is 7.64. The predicted molar refractivity (Wildman–Crippen MR) is 46.2 cm³/mol. The molecule has 3 fully saturated rings. The van der Waals surface area contributed by atoms with Gasteiger partial charge in [0.25, 0.3) is 0 Å². The molecule has 3 aliphatic rings. The van der Waals surface area contributed by atoms with Crippen LogP contribution in [0.25, 0.3) is 0 Å². The Morgan fingerprint density at radius 3 is 2.73 bits per heavy atom. The first-order valence-electron chi connectivity index (χ1n) is 5.24. The largest absolute Gasteiger partial charge is 0.0620 e. The van der Waals surface area contributed by atoms with Crippen LogP contribution in [-0.2, 0) is 0 Å². The van der Waals surface area contributed by atoms with Crippen LogP contribution in [0, 0.1) is 29.1 Å².